The van der Waals surface area contributed by atoms with E-state index in [1.165, 1.54) is 0 Å². The van der Waals surface area contributed by atoms with Crippen LogP contribution < -0.4 is 10.5 Å². The lowest BCUT2D eigenvalue weighted by Gasteiger charge is -2.09. The van der Waals surface area contributed by atoms with E-state index in [0.29, 0.717) is 38.0 Å². The average Bonchev–Trinajstić information content (AvgIpc) is 2.33. The number of hydrogen-bond acceptors (Lipinski definition) is 5. The Morgan fingerprint density at radius 3 is 2.82 bits per heavy atom. The monoisotopic (exact) mass is 240 g/mol. The number of anilines is 1. The third-order valence-corrected chi connectivity index (χ3v) is 2.28. The molecule has 96 valence electrons. The van der Waals surface area contributed by atoms with Crippen molar-refractivity contribution in [3.05, 3.63) is 17.8 Å². The predicted octanol–water partition coefficient (Wildman–Crippen LogP) is 1.40. The van der Waals surface area contributed by atoms with E-state index in [1.54, 1.807) is 13.3 Å². The Bertz CT molecular complexity index is 332. The Morgan fingerprint density at radius 2 is 2.06 bits per heavy atom. The highest BCUT2D eigenvalue weighted by Crippen LogP contribution is 2.20. The van der Waals surface area contributed by atoms with Crippen LogP contribution in [-0.4, -0.2) is 38.5 Å². The van der Waals surface area contributed by atoms with Crippen molar-refractivity contribution in [3.8, 4) is 5.88 Å². The van der Waals surface area contributed by atoms with Crippen LogP contribution in [0.3, 0.4) is 0 Å². The lowest BCUT2D eigenvalue weighted by Crippen LogP contribution is -2.08. The fourth-order valence-corrected chi connectivity index (χ4v) is 1.23. The van der Waals surface area contributed by atoms with Gasteiger partial charge in [0.1, 0.15) is 0 Å². The molecular formula is C12H20N2O3. The van der Waals surface area contributed by atoms with Crippen LogP contribution in [0.2, 0.25) is 0 Å². The second-order valence-electron chi connectivity index (χ2n) is 3.65. The fraction of sp³-hybridized carbons (Fsp3) is 0.583. The van der Waals surface area contributed by atoms with Gasteiger partial charge in [-0.3, -0.25) is 0 Å². The van der Waals surface area contributed by atoms with Gasteiger partial charge in [-0.2, -0.15) is 0 Å². The molecule has 0 amide bonds. The number of rotatable bonds is 8. The Labute approximate surface area is 102 Å². The summed E-state index contributed by atoms with van der Waals surface area (Å²) in [6, 6.07) is 1.86. The molecule has 17 heavy (non-hydrogen) atoms. The molecule has 0 radical (unpaired) electrons. The van der Waals surface area contributed by atoms with Crippen molar-refractivity contribution in [2.45, 2.75) is 13.3 Å². The summed E-state index contributed by atoms with van der Waals surface area (Å²) in [5, 5.41) is 0. The van der Waals surface area contributed by atoms with Crippen LogP contribution in [0.5, 0.6) is 5.88 Å². The van der Waals surface area contributed by atoms with E-state index in [0.717, 1.165) is 12.0 Å². The summed E-state index contributed by atoms with van der Waals surface area (Å²) in [5.74, 6) is 0.502. The van der Waals surface area contributed by atoms with Crippen molar-refractivity contribution in [1.82, 2.24) is 4.98 Å². The topological polar surface area (TPSA) is 66.6 Å². The molecule has 1 aromatic heterocycles. The highest BCUT2D eigenvalue weighted by atomic mass is 16.5. The second-order valence-corrected chi connectivity index (χ2v) is 3.65. The summed E-state index contributed by atoms with van der Waals surface area (Å²) in [7, 11) is 1.65. The van der Waals surface area contributed by atoms with Gasteiger partial charge < -0.3 is 19.9 Å². The van der Waals surface area contributed by atoms with E-state index < -0.39 is 0 Å². The number of aromatic nitrogens is 1. The fourth-order valence-electron chi connectivity index (χ4n) is 1.23. The predicted molar refractivity (Wildman–Crippen MR) is 66.2 cm³/mol. The normalized spacial score (nSPS) is 10.5. The van der Waals surface area contributed by atoms with Crippen molar-refractivity contribution in [2.24, 2.45) is 0 Å². The molecule has 0 aliphatic heterocycles. The standard InChI is InChI=1S/C12H20N2O3/c1-10-4-5-14-12(11(10)13)17-7-3-6-16-9-8-15-2/h4-5H,3,6-9,13H2,1-2H3. The van der Waals surface area contributed by atoms with E-state index >= 15 is 0 Å². The summed E-state index contributed by atoms with van der Waals surface area (Å²) in [4.78, 5) is 4.08. The lowest BCUT2D eigenvalue weighted by molar-refractivity contribution is 0.0642. The van der Waals surface area contributed by atoms with E-state index in [9.17, 15) is 0 Å². The van der Waals surface area contributed by atoms with Crippen molar-refractivity contribution in [2.75, 3.05) is 39.3 Å². The maximum Gasteiger partial charge on any atom is 0.237 e. The molecule has 5 nitrogen and oxygen atoms in total. The average molecular weight is 240 g/mol. The summed E-state index contributed by atoms with van der Waals surface area (Å²) < 4.78 is 15.6. The molecule has 0 aliphatic rings. The zero-order valence-corrected chi connectivity index (χ0v) is 10.4. The van der Waals surface area contributed by atoms with Crippen LogP contribution >= 0.6 is 0 Å². The first-order chi connectivity index (χ1) is 8.25. The maximum absolute atomic E-state index is 5.83. The Kier molecular flexibility index (Phi) is 6.35. The number of nitrogens with two attached hydrogens (primary N) is 1. The number of nitrogens with zero attached hydrogens (tertiary/aromatic N) is 1. The van der Waals surface area contributed by atoms with Gasteiger partial charge >= 0.3 is 0 Å². The second kappa shape index (κ2) is 7.86. The summed E-state index contributed by atoms with van der Waals surface area (Å²) in [5.41, 5.74) is 7.41. The molecule has 0 saturated carbocycles. The molecule has 0 unspecified atom stereocenters. The number of pyridine rings is 1. The maximum atomic E-state index is 5.83. The van der Waals surface area contributed by atoms with Crippen LogP contribution in [-0.2, 0) is 9.47 Å². The SMILES string of the molecule is COCCOCCCOc1nccc(C)c1N. The van der Waals surface area contributed by atoms with E-state index in [-0.39, 0.29) is 0 Å². The lowest BCUT2D eigenvalue weighted by atomic mass is 10.2. The molecule has 0 fully saturated rings. The molecule has 2 N–H and O–H groups in total. The van der Waals surface area contributed by atoms with E-state index in [2.05, 4.69) is 4.98 Å². The minimum atomic E-state index is 0.502. The van der Waals surface area contributed by atoms with Crippen LogP contribution in [0, 0.1) is 6.92 Å². The Hall–Kier alpha value is -1.33. The molecule has 5 heteroatoms. The number of methoxy groups -OCH3 is 1. The van der Waals surface area contributed by atoms with Gasteiger partial charge in [0.25, 0.3) is 0 Å². The quantitative estimate of drug-likeness (QED) is 0.696. The first-order valence-corrected chi connectivity index (χ1v) is 5.66. The Morgan fingerprint density at radius 1 is 1.24 bits per heavy atom. The molecule has 1 aromatic rings. The van der Waals surface area contributed by atoms with Crippen molar-refractivity contribution >= 4 is 5.69 Å². The van der Waals surface area contributed by atoms with Gasteiger partial charge in [0.05, 0.1) is 25.5 Å². The zero-order valence-electron chi connectivity index (χ0n) is 10.4. The van der Waals surface area contributed by atoms with Crippen molar-refractivity contribution in [1.29, 1.82) is 0 Å². The molecule has 0 aromatic carbocycles. The third kappa shape index (κ3) is 5.01. The third-order valence-electron chi connectivity index (χ3n) is 2.28. The van der Waals surface area contributed by atoms with E-state index in [4.69, 9.17) is 19.9 Å². The number of hydrogen-bond donors (Lipinski definition) is 1. The highest BCUT2D eigenvalue weighted by Gasteiger charge is 2.03. The van der Waals surface area contributed by atoms with Crippen LogP contribution in [0.1, 0.15) is 12.0 Å². The zero-order chi connectivity index (χ0) is 12.5. The first-order valence-electron chi connectivity index (χ1n) is 5.66. The van der Waals surface area contributed by atoms with Crippen molar-refractivity contribution in [3.63, 3.8) is 0 Å². The molecule has 0 atom stereocenters. The smallest absolute Gasteiger partial charge is 0.237 e. The minimum Gasteiger partial charge on any atom is -0.476 e. The molecule has 1 heterocycles. The van der Waals surface area contributed by atoms with E-state index in [1.807, 2.05) is 13.0 Å². The summed E-state index contributed by atoms with van der Waals surface area (Å²) in [6.07, 6.45) is 2.49. The van der Waals surface area contributed by atoms with Gasteiger partial charge in [0.15, 0.2) is 0 Å². The molecular weight excluding hydrogens is 220 g/mol. The number of ether oxygens (including phenoxy) is 3. The summed E-state index contributed by atoms with van der Waals surface area (Å²) >= 11 is 0. The summed E-state index contributed by atoms with van der Waals surface area (Å²) in [6.45, 7) is 4.36. The minimum absolute atomic E-state index is 0.502. The largest absolute Gasteiger partial charge is 0.476 e. The van der Waals surface area contributed by atoms with Crippen LogP contribution in [0.4, 0.5) is 5.69 Å². The molecule has 0 bridgehead atoms. The van der Waals surface area contributed by atoms with Crippen molar-refractivity contribution < 1.29 is 14.2 Å². The Balaban J connectivity index is 2.16. The van der Waals surface area contributed by atoms with Gasteiger partial charge in [-0.15, -0.1) is 0 Å². The van der Waals surface area contributed by atoms with Crippen LogP contribution in [0.25, 0.3) is 0 Å². The van der Waals surface area contributed by atoms with Gasteiger partial charge in [-0.1, -0.05) is 0 Å². The molecule has 0 spiro atoms. The van der Waals surface area contributed by atoms with Gasteiger partial charge in [-0.25, -0.2) is 4.98 Å². The number of nitrogen functional groups attached to an aromatic ring is 1. The van der Waals surface area contributed by atoms with Crippen LogP contribution in [0.15, 0.2) is 12.3 Å². The number of aryl methyl sites for hydroxylation is 1. The van der Waals surface area contributed by atoms with Gasteiger partial charge in [0, 0.05) is 26.3 Å². The molecule has 1 rings (SSSR count). The molecule has 0 aliphatic carbocycles. The van der Waals surface area contributed by atoms with Gasteiger partial charge in [-0.05, 0) is 18.6 Å². The first kappa shape index (κ1) is 13.7. The molecule has 0 saturated heterocycles. The highest BCUT2D eigenvalue weighted by molar-refractivity contribution is 5.53. The van der Waals surface area contributed by atoms with Gasteiger partial charge in [0.2, 0.25) is 5.88 Å².